The van der Waals surface area contributed by atoms with E-state index in [0.717, 1.165) is 11.3 Å². The summed E-state index contributed by atoms with van der Waals surface area (Å²) in [6, 6.07) is 5.54. The van der Waals surface area contributed by atoms with Crippen molar-refractivity contribution in [1.29, 1.82) is 0 Å². The lowest BCUT2D eigenvalue weighted by molar-refractivity contribution is -0.135. The Kier molecular flexibility index (Phi) is 3.59. The van der Waals surface area contributed by atoms with Crippen molar-refractivity contribution in [3.05, 3.63) is 24.3 Å². The van der Waals surface area contributed by atoms with E-state index in [1.165, 1.54) is 24.3 Å². The van der Waals surface area contributed by atoms with Crippen molar-refractivity contribution in [3.63, 3.8) is 0 Å². The molecule has 1 aliphatic rings. The monoisotopic (exact) mass is 264 g/mol. The van der Waals surface area contributed by atoms with Crippen LogP contribution in [0.2, 0.25) is 0 Å². The second-order valence-corrected chi connectivity index (χ2v) is 4.77. The van der Waals surface area contributed by atoms with Gasteiger partial charge in [-0.1, -0.05) is 6.92 Å². The predicted molar refractivity (Wildman–Crippen MR) is 69.2 cm³/mol. The Morgan fingerprint density at radius 2 is 1.95 bits per heavy atom. The van der Waals surface area contributed by atoms with Crippen LogP contribution in [0.1, 0.15) is 13.3 Å². The van der Waals surface area contributed by atoms with E-state index in [-0.39, 0.29) is 11.8 Å². The molecule has 0 saturated heterocycles. The van der Waals surface area contributed by atoms with Crippen LogP contribution in [0, 0.1) is 5.92 Å². The highest BCUT2D eigenvalue weighted by atomic mass is 16.4. The molecule has 2 rings (SSSR count). The lowest BCUT2D eigenvalue weighted by Gasteiger charge is -2.21. The van der Waals surface area contributed by atoms with E-state index in [1.54, 1.807) is 0 Å². The van der Waals surface area contributed by atoms with Gasteiger partial charge in [0.05, 0.1) is 0 Å². The van der Waals surface area contributed by atoms with Gasteiger partial charge in [-0.15, -0.1) is 0 Å². The molecule has 0 aliphatic heterocycles. The number of rotatable bonds is 4. The predicted octanol–water partition coefficient (Wildman–Crippen LogP) is 1.40. The number of carbonyl (C=O) groups is 2. The Labute approximate surface area is 110 Å². The molecule has 0 radical (unpaired) electrons. The number of hydrogen-bond acceptors (Lipinski definition) is 3. The smallest absolute Gasteiger partial charge is 0.323 e. The summed E-state index contributed by atoms with van der Waals surface area (Å²) in [6.45, 7) is 1.60. The van der Waals surface area contributed by atoms with Gasteiger partial charge >= 0.3 is 12.0 Å². The van der Waals surface area contributed by atoms with Crippen LogP contribution in [0.3, 0.4) is 0 Å². The van der Waals surface area contributed by atoms with E-state index in [4.69, 9.17) is 5.11 Å². The molecule has 0 aromatic heterocycles. The average molecular weight is 264 g/mol. The number of phenols is 1. The highest BCUT2D eigenvalue weighted by Gasteiger charge is 2.35. The normalized spacial score (nSPS) is 20.7. The molecule has 1 aliphatic carbocycles. The third kappa shape index (κ3) is 3.37. The summed E-state index contributed by atoms with van der Waals surface area (Å²) in [5, 5.41) is 20.9. The number of nitrogens with one attached hydrogen (secondary N) is 1. The zero-order valence-corrected chi connectivity index (χ0v) is 10.5. The minimum Gasteiger partial charge on any atom is -0.508 e. The number of urea groups is 1. The SMILES string of the molecule is CC1CC1NC(=O)N(CC(=O)O)c1ccc(O)cc1. The standard InChI is InChI=1S/C13H16N2O4/c1-8-6-11(8)14-13(19)15(7-12(17)18)9-2-4-10(16)5-3-9/h2-5,8,11,16H,6-7H2,1H3,(H,14,19)(H,17,18). The fourth-order valence-electron chi connectivity index (χ4n) is 1.81. The van der Waals surface area contributed by atoms with Gasteiger partial charge < -0.3 is 15.5 Å². The van der Waals surface area contributed by atoms with E-state index in [0.29, 0.717) is 11.6 Å². The van der Waals surface area contributed by atoms with Crippen molar-refractivity contribution < 1.29 is 19.8 Å². The number of phenolic OH excluding ortho intramolecular Hbond substituents is 1. The van der Waals surface area contributed by atoms with Crippen LogP contribution in [0.25, 0.3) is 0 Å². The molecule has 6 heteroatoms. The van der Waals surface area contributed by atoms with E-state index >= 15 is 0 Å². The Morgan fingerprint density at radius 3 is 2.42 bits per heavy atom. The number of nitrogens with zero attached hydrogens (tertiary/aromatic N) is 1. The van der Waals surface area contributed by atoms with Crippen LogP contribution < -0.4 is 10.2 Å². The Hall–Kier alpha value is -2.24. The van der Waals surface area contributed by atoms with E-state index < -0.39 is 18.5 Å². The first-order valence-corrected chi connectivity index (χ1v) is 6.06. The lowest BCUT2D eigenvalue weighted by Crippen LogP contribution is -2.44. The molecule has 6 nitrogen and oxygen atoms in total. The second-order valence-electron chi connectivity index (χ2n) is 4.77. The van der Waals surface area contributed by atoms with Crippen LogP contribution in [0.15, 0.2) is 24.3 Å². The first kappa shape index (κ1) is 13.2. The Balaban J connectivity index is 2.12. The average Bonchev–Trinajstić information content (AvgIpc) is 3.03. The van der Waals surface area contributed by atoms with Crippen molar-refractivity contribution >= 4 is 17.7 Å². The summed E-state index contributed by atoms with van der Waals surface area (Å²) in [7, 11) is 0. The minimum absolute atomic E-state index is 0.0650. The number of aliphatic carboxylic acids is 1. The third-order valence-electron chi connectivity index (χ3n) is 3.12. The van der Waals surface area contributed by atoms with Gasteiger partial charge in [0.25, 0.3) is 0 Å². The highest BCUT2D eigenvalue weighted by molar-refractivity contribution is 5.96. The minimum atomic E-state index is -1.09. The van der Waals surface area contributed by atoms with Crippen LogP contribution in [-0.2, 0) is 4.79 Å². The summed E-state index contributed by atoms with van der Waals surface area (Å²) in [4.78, 5) is 24.0. The van der Waals surface area contributed by atoms with Gasteiger partial charge in [-0.3, -0.25) is 9.69 Å². The van der Waals surface area contributed by atoms with Crippen LogP contribution in [0.5, 0.6) is 5.75 Å². The molecule has 0 spiro atoms. The van der Waals surface area contributed by atoms with E-state index in [9.17, 15) is 14.7 Å². The maximum Gasteiger partial charge on any atom is 0.323 e. The van der Waals surface area contributed by atoms with E-state index in [2.05, 4.69) is 5.32 Å². The number of anilines is 1. The molecular weight excluding hydrogens is 248 g/mol. The molecule has 3 N–H and O–H groups in total. The first-order valence-electron chi connectivity index (χ1n) is 6.06. The number of carbonyl (C=O) groups excluding carboxylic acids is 1. The summed E-state index contributed by atoms with van der Waals surface area (Å²) < 4.78 is 0. The van der Waals surface area contributed by atoms with Gasteiger partial charge in [-0.25, -0.2) is 4.79 Å². The molecule has 2 atom stereocenters. The molecule has 102 valence electrons. The second kappa shape index (κ2) is 5.17. The Morgan fingerprint density at radius 1 is 1.37 bits per heavy atom. The largest absolute Gasteiger partial charge is 0.508 e. The van der Waals surface area contributed by atoms with Crippen molar-refractivity contribution in [2.24, 2.45) is 5.92 Å². The molecule has 2 amide bonds. The summed E-state index contributed by atoms with van der Waals surface area (Å²) in [5.74, 6) is -0.585. The first-order chi connectivity index (χ1) is 8.97. The van der Waals surface area contributed by atoms with Gasteiger partial charge in [0.2, 0.25) is 0 Å². The van der Waals surface area contributed by atoms with Gasteiger partial charge in [0, 0.05) is 11.7 Å². The van der Waals surface area contributed by atoms with Crippen molar-refractivity contribution in [2.45, 2.75) is 19.4 Å². The van der Waals surface area contributed by atoms with Crippen LogP contribution in [-0.4, -0.2) is 34.8 Å². The van der Waals surface area contributed by atoms with Crippen molar-refractivity contribution in [2.75, 3.05) is 11.4 Å². The van der Waals surface area contributed by atoms with Crippen LogP contribution in [0.4, 0.5) is 10.5 Å². The zero-order chi connectivity index (χ0) is 14.0. The number of hydrogen-bond donors (Lipinski definition) is 3. The summed E-state index contributed by atoms with van der Waals surface area (Å²) >= 11 is 0. The van der Waals surface area contributed by atoms with Crippen molar-refractivity contribution in [3.8, 4) is 5.75 Å². The highest BCUT2D eigenvalue weighted by Crippen LogP contribution is 2.29. The van der Waals surface area contributed by atoms with Gasteiger partial charge in [-0.2, -0.15) is 0 Å². The maximum atomic E-state index is 12.0. The van der Waals surface area contributed by atoms with Gasteiger partial charge in [0.15, 0.2) is 0 Å². The number of amides is 2. The third-order valence-corrected chi connectivity index (χ3v) is 3.12. The zero-order valence-electron chi connectivity index (χ0n) is 10.5. The molecule has 0 heterocycles. The molecular formula is C13H16N2O4. The quantitative estimate of drug-likeness (QED) is 0.766. The molecule has 1 aromatic carbocycles. The number of carboxylic acid groups (broad SMARTS) is 1. The fraction of sp³-hybridized carbons (Fsp3) is 0.385. The molecule has 19 heavy (non-hydrogen) atoms. The summed E-state index contributed by atoms with van der Waals surface area (Å²) in [5.41, 5.74) is 0.436. The van der Waals surface area contributed by atoms with Gasteiger partial charge in [0.1, 0.15) is 12.3 Å². The Bertz CT molecular complexity index is 486. The molecule has 1 aromatic rings. The topological polar surface area (TPSA) is 89.9 Å². The molecule has 2 unspecified atom stereocenters. The molecule has 1 saturated carbocycles. The number of benzene rings is 1. The lowest BCUT2D eigenvalue weighted by atomic mass is 10.2. The van der Waals surface area contributed by atoms with Gasteiger partial charge in [-0.05, 0) is 36.6 Å². The van der Waals surface area contributed by atoms with E-state index in [1.807, 2.05) is 6.92 Å². The number of aromatic hydroxyl groups is 1. The van der Waals surface area contributed by atoms with Crippen LogP contribution >= 0.6 is 0 Å². The molecule has 1 fully saturated rings. The fourth-order valence-corrected chi connectivity index (χ4v) is 1.81. The molecule has 0 bridgehead atoms. The number of carboxylic acids is 1. The summed E-state index contributed by atoms with van der Waals surface area (Å²) in [6.07, 6.45) is 0.919. The van der Waals surface area contributed by atoms with Crippen molar-refractivity contribution in [1.82, 2.24) is 5.32 Å². The maximum absolute atomic E-state index is 12.0.